The van der Waals surface area contributed by atoms with Gasteiger partial charge in [0.05, 0.1) is 0 Å². The maximum Gasteiger partial charge on any atom is 0.00705 e. The summed E-state index contributed by atoms with van der Waals surface area (Å²) in [6.07, 6.45) is 7.49. The van der Waals surface area contributed by atoms with E-state index in [0.717, 1.165) is 0 Å². The first kappa shape index (κ1) is 21.2. The molecule has 3 aromatic rings. The molecule has 1 aromatic heterocycles. The summed E-state index contributed by atoms with van der Waals surface area (Å²) in [6, 6.07) is 16.9. The summed E-state index contributed by atoms with van der Waals surface area (Å²) >= 11 is -0.556. The first-order valence-corrected chi connectivity index (χ1v) is 12.8. The number of hydrogen-bond acceptors (Lipinski definition) is 0. The molecule has 0 N–H and O–H groups in total. The van der Waals surface area contributed by atoms with E-state index in [1.54, 1.807) is 0 Å². The molecule has 1 unspecified atom stereocenters. The van der Waals surface area contributed by atoms with E-state index in [9.17, 15) is 0 Å². The zero-order chi connectivity index (χ0) is 19.1. The van der Waals surface area contributed by atoms with Gasteiger partial charge in [-0.25, -0.2) is 5.57 Å². The molecule has 1 aliphatic carbocycles. The Balaban J connectivity index is 0.000000175. The summed E-state index contributed by atoms with van der Waals surface area (Å²) in [6.45, 7) is 8.67. The van der Waals surface area contributed by atoms with Gasteiger partial charge < -0.3 is 4.57 Å². The molecule has 0 radical (unpaired) electrons. The first-order chi connectivity index (χ1) is 12.5. The zero-order valence-corrected chi connectivity index (χ0v) is 18.6. The number of benzene rings is 1. The minimum Gasteiger partial charge on any atom is -0.342 e. The number of fused-ring (bicyclic) bond motifs is 1. The standard InChI is InChI=1S/C13H10N.C9H13.2ClH.Ti/c1-2-6-12-10-13(9-11(12)5-1)14-7-3-4-8-14;1-6-5-7(2)9(4)8(6)3;;;/h1-10H;6H,1-4H3;2*1H;/q2*-1;;;+2/p-2. The molecule has 136 valence electrons. The van der Waals surface area contributed by atoms with Crippen LogP contribution in [0.25, 0.3) is 16.5 Å². The molecule has 0 aliphatic heterocycles. The van der Waals surface area contributed by atoms with Crippen molar-refractivity contribution in [3.63, 3.8) is 0 Å². The summed E-state index contributed by atoms with van der Waals surface area (Å²) in [7, 11) is 9.78. The van der Waals surface area contributed by atoms with E-state index in [4.69, 9.17) is 18.6 Å². The topological polar surface area (TPSA) is 4.93 Å². The predicted octanol–water partition coefficient (Wildman–Crippen LogP) is 7.45. The van der Waals surface area contributed by atoms with Gasteiger partial charge in [0.1, 0.15) is 0 Å². The van der Waals surface area contributed by atoms with E-state index >= 15 is 0 Å². The average molecular weight is 420 g/mol. The third-order valence-corrected chi connectivity index (χ3v) is 4.74. The second-order valence-corrected chi connectivity index (χ2v) is 8.88. The SMILES string of the molecule is CC1=[C-]C(C)C(C)=C1C.[Cl][Ti][Cl].c1ccc2[cH-]c(-n3cccc3)cc2c1. The second kappa shape index (κ2) is 10.3. The van der Waals surface area contributed by atoms with Gasteiger partial charge in [-0.05, 0) is 17.8 Å². The second-order valence-electron chi connectivity index (χ2n) is 6.30. The number of hydrogen-bond donors (Lipinski definition) is 0. The van der Waals surface area contributed by atoms with Crippen LogP contribution < -0.4 is 0 Å². The van der Waals surface area contributed by atoms with Crippen molar-refractivity contribution >= 4 is 29.4 Å². The van der Waals surface area contributed by atoms with E-state index in [0.29, 0.717) is 5.92 Å². The zero-order valence-electron chi connectivity index (χ0n) is 15.6. The molecular formula is C22H23Cl2NTi-2. The Labute approximate surface area is 173 Å². The molecule has 0 fully saturated rings. The molecule has 0 saturated carbocycles. The molecule has 0 spiro atoms. The fourth-order valence-corrected chi connectivity index (χ4v) is 2.95. The molecule has 4 heteroatoms. The first-order valence-electron chi connectivity index (χ1n) is 8.50. The number of rotatable bonds is 1. The van der Waals surface area contributed by atoms with Gasteiger partial charge in [-0.1, -0.05) is 32.8 Å². The van der Waals surface area contributed by atoms with Gasteiger partial charge in [-0.3, -0.25) is 6.08 Å². The fraction of sp³-hybridized carbons (Fsp3) is 0.227. The monoisotopic (exact) mass is 419 g/mol. The van der Waals surface area contributed by atoms with Crippen molar-refractivity contribution < 1.29 is 17.0 Å². The van der Waals surface area contributed by atoms with Crippen molar-refractivity contribution in [1.82, 2.24) is 4.57 Å². The van der Waals surface area contributed by atoms with Crippen LogP contribution in [0.4, 0.5) is 0 Å². The molecule has 1 aliphatic rings. The minimum atomic E-state index is -0.556. The van der Waals surface area contributed by atoms with Gasteiger partial charge >= 0.3 is 35.6 Å². The van der Waals surface area contributed by atoms with Gasteiger partial charge in [0.25, 0.3) is 0 Å². The van der Waals surface area contributed by atoms with Crippen LogP contribution in [0.3, 0.4) is 0 Å². The van der Waals surface area contributed by atoms with Crippen molar-refractivity contribution in [2.75, 3.05) is 0 Å². The van der Waals surface area contributed by atoms with Crippen LogP contribution in [0.2, 0.25) is 0 Å². The number of aromatic nitrogens is 1. The van der Waals surface area contributed by atoms with E-state index in [2.05, 4.69) is 87.1 Å². The van der Waals surface area contributed by atoms with E-state index in [-0.39, 0.29) is 0 Å². The van der Waals surface area contributed by atoms with Crippen LogP contribution in [0, 0.1) is 12.0 Å². The van der Waals surface area contributed by atoms with Gasteiger partial charge in [-0.2, -0.15) is 11.1 Å². The molecule has 1 nitrogen and oxygen atoms in total. The summed E-state index contributed by atoms with van der Waals surface area (Å²) in [5, 5.41) is 2.60. The Morgan fingerprint density at radius 3 is 2.12 bits per heavy atom. The maximum atomic E-state index is 4.89. The van der Waals surface area contributed by atoms with Crippen LogP contribution in [0.1, 0.15) is 27.7 Å². The van der Waals surface area contributed by atoms with Gasteiger partial charge in [0, 0.05) is 12.4 Å². The Morgan fingerprint density at radius 2 is 1.65 bits per heavy atom. The smallest absolute Gasteiger partial charge is 0.00705 e. The minimum absolute atomic E-state index is 0.556. The fourth-order valence-electron chi connectivity index (χ4n) is 2.95. The normalized spacial score (nSPS) is 15.8. The summed E-state index contributed by atoms with van der Waals surface area (Å²) in [5.74, 6) is 0.560. The molecule has 1 heterocycles. The number of nitrogens with zero attached hydrogens (tertiary/aromatic N) is 1. The number of halogens is 2. The van der Waals surface area contributed by atoms with Crippen LogP contribution >= 0.6 is 18.6 Å². The van der Waals surface area contributed by atoms with E-state index in [1.807, 2.05) is 12.1 Å². The molecule has 2 aromatic carbocycles. The largest absolute Gasteiger partial charge is 0.342 e. The van der Waals surface area contributed by atoms with Crippen molar-refractivity contribution in [2.45, 2.75) is 27.7 Å². The molecule has 1 atom stereocenters. The maximum absolute atomic E-state index is 4.89. The number of allylic oxidation sites excluding steroid dienone is 4. The average Bonchev–Trinajstić information content (AvgIpc) is 3.34. The van der Waals surface area contributed by atoms with Gasteiger partial charge in [-0.15, -0.1) is 48.0 Å². The van der Waals surface area contributed by atoms with Crippen LogP contribution in [-0.4, -0.2) is 4.57 Å². The summed E-state index contributed by atoms with van der Waals surface area (Å²) in [5.41, 5.74) is 5.48. The predicted molar refractivity (Wildman–Crippen MR) is 111 cm³/mol. The Bertz CT molecular complexity index is 855. The summed E-state index contributed by atoms with van der Waals surface area (Å²) < 4.78 is 2.12. The van der Waals surface area contributed by atoms with Crippen molar-refractivity contribution in [1.29, 1.82) is 0 Å². The van der Waals surface area contributed by atoms with E-state index in [1.165, 1.54) is 33.2 Å². The van der Waals surface area contributed by atoms with Crippen molar-refractivity contribution in [2.24, 2.45) is 5.92 Å². The van der Waals surface area contributed by atoms with Crippen LogP contribution in [0.15, 0.2) is 77.6 Å². The van der Waals surface area contributed by atoms with E-state index < -0.39 is 17.0 Å². The van der Waals surface area contributed by atoms with Crippen molar-refractivity contribution in [3.8, 4) is 5.69 Å². The van der Waals surface area contributed by atoms with Crippen molar-refractivity contribution in [3.05, 3.63) is 83.7 Å². The van der Waals surface area contributed by atoms with Crippen LogP contribution in [0.5, 0.6) is 0 Å². The molecule has 0 saturated heterocycles. The third-order valence-electron chi connectivity index (χ3n) is 4.74. The Kier molecular flexibility index (Phi) is 8.38. The molecule has 26 heavy (non-hydrogen) atoms. The van der Waals surface area contributed by atoms with Gasteiger partial charge in [0.2, 0.25) is 0 Å². The Hall–Kier alpha value is -1.12. The quantitative estimate of drug-likeness (QED) is 0.285. The summed E-state index contributed by atoms with van der Waals surface area (Å²) in [4.78, 5) is 0. The molecule has 0 amide bonds. The Morgan fingerprint density at radius 1 is 1.04 bits per heavy atom. The molecule has 0 bridgehead atoms. The van der Waals surface area contributed by atoms with Crippen LogP contribution in [-0.2, 0) is 17.0 Å². The molecule has 4 rings (SSSR count). The third kappa shape index (κ3) is 5.44. The molecular weight excluding hydrogens is 397 g/mol. The van der Waals surface area contributed by atoms with Gasteiger partial charge in [0.15, 0.2) is 0 Å².